The molecule has 0 atom stereocenters. The van der Waals surface area contributed by atoms with E-state index < -0.39 is 15.8 Å². The van der Waals surface area contributed by atoms with Gasteiger partial charge >= 0.3 is 6.09 Å². The summed E-state index contributed by atoms with van der Waals surface area (Å²) in [7, 11) is -4.04. The van der Waals surface area contributed by atoms with Crippen molar-refractivity contribution in [3.05, 3.63) is 35.9 Å². The number of likely N-dealkylation sites (tertiary alicyclic amines) is 1. The molecule has 2 aromatic rings. The molecular weight excluding hydrogens is 517 g/mol. The molecule has 0 aliphatic carbocycles. The maximum atomic E-state index is 15.0. The zero-order chi connectivity index (χ0) is 28.0. The first kappa shape index (κ1) is 29.5. The van der Waals surface area contributed by atoms with Gasteiger partial charge in [0.15, 0.2) is 0 Å². The van der Waals surface area contributed by atoms with E-state index in [1.165, 1.54) is 18.5 Å². The molecule has 0 spiro atoms. The van der Waals surface area contributed by atoms with Crippen molar-refractivity contribution in [1.29, 1.82) is 0 Å². The maximum absolute atomic E-state index is 15.0. The third kappa shape index (κ3) is 7.29. The lowest BCUT2D eigenvalue weighted by Crippen LogP contribution is -2.42. The van der Waals surface area contributed by atoms with Gasteiger partial charge in [0.2, 0.25) is 5.88 Å². The van der Waals surface area contributed by atoms with Crippen LogP contribution in [0.5, 0.6) is 5.88 Å². The first-order chi connectivity index (χ1) is 17.9. The third-order valence-electron chi connectivity index (χ3n) is 5.70. The fraction of sp³-hybridized carbons (Fsp3) is 0.560. The summed E-state index contributed by atoms with van der Waals surface area (Å²) < 4.78 is 52.9. The topological polar surface area (TPSA) is 123 Å². The molecule has 38 heavy (non-hydrogen) atoms. The van der Waals surface area contributed by atoms with Gasteiger partial charge in [0.25, 0.3) is 10.0 Å². The van der Waals surface area contributed by atoms with Gasteiger partial charge in [-0.25, -0.2) is 27.6 Å². The van der Waals surface area contributed by atoms with Crippen molar-refractivity contribution in [2.75, 3.05) is 25.0 Å². The van der Waals surface area contributed by atoms with Crippen LogP contribution in [0, 0.1) is 12.7 Å². The Bertz CT molecular complexity index is 1220. The summed E-state index contributed by atoms with van der Waals surface area (Å²) in [5, 5.41) is 2.90. The second-order valence-electron chi connectivity index (χ2n) is 9.43. The SMILES string of the molecule is CCN(OC(C)C)S(=O)(=O)c1ccc(Nc2ncnc(OC3CCN(C(=O)OC(C)C)CC3)c2C)c(F)c1. The second kappa shape index (κ2) is 12.7. The van der Waals surface area contributed by atoms with Crippen LogP contribution in [0.2, 0.25) is 0 Å². The number of anilines is 2. The zero-order valence-electron chi connectivity index (χ0n) is 22.6. The standard InChI is InChI=1S/C25H36FN5O6S/c1-7-31(37-17(4)5)38(33,34)20-8-9-22(21(26)14-20)29-23-18(6)24(28-15-27-23)36-19-10-12-30(13-11-19)25(32)35-16(2)3/h8-9,14-17,19H,7,10-13H2,1-6H3,(H,27,28,29). The van der Waals surface area contributed by atoms with Crippen molar-refractivity contribution in [2.24, 2.45) is 0 Å². The van der Waals surface area contributed by atoms with Crippen molar-refractivity contribution in [3.63, 3.8) is 0 Å². The Morgan fingerprint density at radius 1 is 1.18 bits per heavy atom. The van der Waals surface area contributed by atoms with E-state index in [4.69, 9.17) is 14.3 Å². The number of halogens is 1. The minimum Gasteiger partial charge on any atom is -0.474 e. The average molecular weight is 554 g/mol. The third-order valence-corrected chi connectivity index (χ3v) is 7.43. The molecule has 1 aromatic heterocycles. The number of rotatable bonds is 10. The van der Waals surface area contributed by atoms with Gasteiger partial charge in [-0.3, -0.25) is 4.84 Å². The van der Waals surface area contributed by atoms with E-state index in [2.05, 4.69) is 15.3 Å². The van der Waals surface area contributed by atoms with Gasteiger partial charge in [-0.2, -0.15) is 0 Å². The Morgan fingerprint density at radius 2 is 1.87 bits per heavy atom. The van der Waals surface area contributed by atoms with Crippen molar-refractivity contribution < 1.29 is 31.9 Å². The number of benzene rings is 1. The van der Waals surface area contributed by atoms with Gasteiger partial charge in [0.1, 0.15) is 24.1 Å². The lowest BCUT2D eigenvalue weighted by atomic mass is 10.1. The normalized spacial score (nSPS) is 14.8. The van der Waals surface area contributed by atoms with E-state index in [1.54, 1.807) is 32.6 Å². The zero-order valence-corrected chi connectivity index (χ0v) is 23.4. The van der Waals surface area contributed by atoms with Crippen LogP contribution in [0.4, 0.5) is 20.7 Å². The minimum absolute atomic E-state index is 0.0431. The van der Waals surface area contributed by atoms with Gasteiger partial charge < -0.3 is 19.7 Å². The second-order valence-corrected chi connectivity index (χ2v) is 11.3. The number of piperidine rings is 1. The lowest BCUT2D eigenvalue weighted by Gasteiger charge is -2.32. The Morgan fingerprint density at radius 3 is 2.45 bits per heavy atom. The molecule has 1 aromatic carbocycles. The predicted octanol–water partition coefficient (Wildman–Crippen LogP) is 4.41. The smallest absolute Gasteiger partial charge is 0.410 e. The highest BCUT2D eigenvalue weighted by Crippen LogP contribution is 2.29. The Labute approximate surface area is 223 Å². The number of hydrogen-bond acceptors (Lipinski definition) is 9. The van der Waals surface area contributed by atoms with Crippen molar-refractivity contribution in [1.82, 2.24) is 19.3 Å². The summed E-state index contributed by atoms with van der Waals surface area (Å²) >= 11 is 0. The number of hydroxylamine groups is 1. The van der Waals surface area contributed by atoms with Crippen molar-refractivity contribution >= 4 is 27.6 Å². The first-order valence-electron chi connectivity index (χ1n) is 12.6. The molecule has 210 valence electrons. The highest BCUT2D eigenvalue weighted by molar-refractivity contribution is 7.89. The molecule has 1 aliphatic heterocycles. The van der Waals surface area contributed by atoms with Crippen LogP contribution in [0.15, 0.2) is 29.4 Å². The number of carbonyl (C=O) groups excluding carboxylic acids is 1. The molecule has 11 nitrogen and oxygen atoms in total. The average Bonchev–Trinajstić information content (AvgIpc) is 2.85. The van der Waals surface area contributed by atoms with Crippen molar-refractivity contribution in [3.8, 4) is 5.88 Å². The predicted molar refractivity (Wildman–Crippen MR) is 139 cm³/mol. The van der Waals surface area contributed by atoms with Crippen LogP contribution in [-0.4, -0.2) is 71.8 Å². The summed E-state index contributed by atoms with van der Waals surface area (Å²) in [4.78, 5) is 27.3. The van der Waals surface area contributed by atoms with E-state index >= 15 is 0 Å². The fourth-order valence-corrected chi connectivity index (χ4v) is 5.16. The fourth-order valence-electron chi connectivity index (χ4n) is 3.81. The Kier molecular flexibility index (Phi) is 9.85. The first-order valence-corrected chi connectivity index (χ1v) is 14.1. The number of nitrogens with zero attached hydrogens (tertiary/aromatic N) is 4. The van der Waals surface area contributed by atoms with Crippen molar-refractivity contribution in [2.45, 2.75) is 77.6 Å². The molecule has 3 rings (SSSR count). The molecule has 13 heteroatoms. The highest BCUT2D eigenvalue weighted by atomic mass is 32.2. The van der Waals surface area contributed by atoms with Crippen LogP contribution in [0.3, 0.4) is 0 Å². The van der Waals surface area contributed by atoms with Gasteiger partial charge in [-0.1, -0.05) is 4.47 Å². The van der Waals surface area contributed by atoms with E-state index in [1.807, 2.05) is 13.8 Å². The maximum Gasteiger partial charge on any atom is 0.410 e. The largest absolute Gasteiger partial charge is 0.474 e. The van der Waals surface area contributed by atoms with Gasteiger partial charge in [-0.15, -0.1) is 0 Å². The number of ether oxygens (including phenoxy) is 2. The number of aromatic nitrogens is 2. The molecule has 1 saturated heterocycles. The molecule has 0 radical (unpaired) electrons. The number of sulfonamides is 1. The molecule has 1 amide bonds. The quantitative estimate of drug-likeness (QED) is 0.426. The molecule has 0 saturated carbocycles. The van der Waals surface area contributed by atoms with E-state index in [-0.39, 0.29) is 41.5 Å². The number of hydrogen-bond donors (Lipinski definition) is 1. The van der Waals surface area contributed by atoms with Crippen LogP contribution in [-0.2, 0) is 19.6 Å². The lowest BCUT2D eigenvalue weighted by molar-refractivity contribution is -0.116. The molecule has 1 fully saturated rings. The number of amides is 1. The molecule has 1 N–H and O–H groups in total. The molecule has 0 bridgehead atoms. The van der Waals surface area contributed by atoms with E-state index in [0.717, 1.165) is 10.5 Å². The Balaban J connectivity index is 1.69. The summed E-state index contributed by atoms with van der Waals surface area (Å²) in [6, 6.07) is 3.58. The summed E-state index contributed by atoms with van der Waals surface area (Å²) in [6.07, 6.45) is 1.49. The summed E-state index contributed by atoms with van der Waals surface area (Å²) in [5.74, 6) is -0.108. The summed E-state index contributed by atoms with van der Waals surface area (Å²) in [6.45, 7) is 11.5. The van der Waals surface area contributed by atoms with Crippen LogP contribution in [0.1, 0.15) is 53.0 Å². The number of carbonyl (C=O) groups is 1. The van der Waals surface area contributed by atoms with E-state index in [0.29, 0.717) is 43.2 Å². The van der Waals surface area contributed by atoms with Crippen LogP contribution >= 0.6 is 0 Å². The van der Waals surface area contributed by atoms with E-state index in [9.17, 15) is 17.6 Å². The van der Waals surface area contributed by atoms with Gasteiger partial charge in [0, 0.05) is 32.5 Å². The monoisotopic (exact) mass is 553 g/mol. The number of nitrogens with one attached hydrogen (secondary N) is 1. The Hall–Kier alpha value is -3.03. The molecular formula is C25H36FN5O6S. The molecule has 2 heterocycles. The summed E-state index contributed by atoms with van der Waals surface area (Å²) in [5.41, 5.74) is 0.606. The van der Waals surface area contributed by atoms with Crippen LogP contribution in [0.25, 0.3) is 0 Å². The molecule has 1 aliphatic rings. The highest BCUT2D eigenvalue weighted by Gasteiger charge is 2.28. The van der Waals surface area contributed by atoms with Gasteiger partial charge in [-0.05, 0) is 59.7 Å². The molecule has 0 unspecified atom stereocenters. The minimum atomic E-state index is -4.04. The van der Waals surface area contributed by atoms with Gasteiger partial charge in [0.05, 0.1) is 28.4 Å². The van der Waals surface area contributed by atoms with Crippen LogP contribution < -0.4 is 10.1 Å².